The van der Waals surface area contributed by atoms with Gasteiger partial charge in [-0.15, -0.1) is 0 Å². The lowest BCUT2D eigenvalue weighted by Gasteiger charge is -2.28. The van der Waals surface area contributed by atoms with Gasteiger partial charge in [-0.2, -0.15) is 0 Å². The highest BCUT2D eigenvalue weighted by Crippen LogP contribution is 2.31. The van der Waals surface area contributed by atoms with Crippen molar-refractivity contribution in [3.05, 3.63) is 53.0 Å². The number of halogens is 1. The van der Waals surface area contributed by atoms with E-state index in [-0.39, 0.29) is 11.9 Å². The average molecular weight is 353 g/mol. The Morgan fingerprint density at radius 3 is 2.69 bits per heavy atom. The molecule has 0 unspecified atom stereocenters. The first-order chi connectivity index (χ1) is 12.6. The van der Waals surface area contributed by atoms with E-state index < -0.39 is 0 Å². The number of anilines is 1. The number of ether oxygens (including phenoxy) is 1. The van der Waals surface area contributed by atoms with Gasteiger partial charge in [0.25, 0.3) is 0 Å². The Hall–Kier alpha value is -2.43. The van der Waals surface area contributed by atoms with Crippen LogP contribution < -0.4 is 9.64 Å². The molecule has 0 atom stereocenters. The quantitative estimate of drug-likeness (QED) is 0.820. The van der Waals surface area contributed by atoms with Crippen molar-refractivity contribution in [3.63, 3.8) is 0 Å². The van der Waals surface area contributed by atoms with Crippen LogP contribution in [0.25, 0.3) is 0 Å². The predicted molar refractivity (Wildman–Crippen MR) is 102 cm³/mol. The van der Waals surface area contributed by atoms with Gasteiger partial charge >= 0.3 is 0 Å². The first-order valence-electron chi connectivity index (χ1n) is 9.37. The summed E-state index contributed by atoms with van der Waals surface area (Å²) in [5, 5.41) is 0. The van der Waals surface area contributed by atoms with Gasteiger partial charge in [-0.3, -0.25) is 4.99 Å². The van der Waals surface area contributed by atoms with E-state index in [4.69, 9.17) is 4.74 Å². The maximum absolute atomic E-state index is 14.5. The Morgan fingerprint density at radius 1 is 1.12 bits per heavy atom. The molecular weight excluding hydrogens is 329 g/mol. The molecule has 5 heteroatoms. The Balaban J connectivity index is 1.67. The third-order valence-electron chi connectivity index (χ3n) is 4.89. The first kappa shape index (κ1) is 17.0. The van der Waals surface area contributed by atoms with Crippen LogP contribution >= 0.6 is 0 Å². The molecule has 0 bridgehead atoms. The second-order valence-electron chi connectivity index (χ2n) is 7.21. The second-order valence-corrected chi connectivity index (χ2v) is 7.21. The van der Waals surface area contributed by atoms with Crippen LogP contribution in [0.5, 0.6) is 5.75 Å². The third-order valence-corrected chi connectivity index (χ3v) is 4.89. The highest BCUT2D eigenvalue weighted by atomic mass is 19.1. The normalized spacial score (nSPS) is 16.6. The molecule has 1 fully saturated rings. The molecule has 3 heterocycles. The van der Waals surface area contributed by atoms with Gasteiger partial charge in [-0.1, -0.05) is 0 Å². The molecule has 4 rings (SSSR count). The topological polar surface area (TPSA) is 37.7 Å². The summed E-state index contributed by atoms with van der Waals surface area (Å²) in [4.78, 5) is 11.5. The van der Waals surface area contributed by atoms with E-state index in [0.717, 1.165) is 35.7 Å². The maximum atomic E-state index is 14.5. The summed E-state index contributed by atoms with van der Waals surface area (Å²) in [5.74, 6) is 1.28. The van der Waals surface area contributed by atoms with Crippen LogP contribution in [0.1, 0.15) is 49.8 Å². The molecule has 0 spiro atoms. The molecule has 1 aromatic carbocycles. The van der Waals surface area contributed by atoms with Crippen LogP contribution in [0, 0.1) is 5.82 Å². The molecule has 136 valence electrons. The summed E-state index contributed by atoms with van der Waals surface area (Å²) in [6, 6.07) is 7.40. The number of nitrogens with zero attached hydrogens (tertiary/aromatic N) is 3. The number of rotatable bonds is 4. The molecule has 1 aromatic heterocycles. The summed E-state index contributed by atoms with van der Waals surface area (Å²) in [6.45, 7) is 6.34. The average Bonchev–Trinajstić information content (AvgIpc) is 3.06. The van der Waals surface area contributed by atoms with Crippen molar-refractivity contribution in [1.82, 2.24) is 4.98 Å². The fourth-order valence-electron chi connectivity index (χ4n) is 3.68. The van der Waals surface area contributed by atoms with Gasteiger partial charge in [-0.05, 0) is 51.3 Å². The van der Waals surface area contributed by atoms with Crippen molar-refractivity contribution in [2.45, 2.75) is 45.8 Å². The number of piperidine rings is 1. The smallest absolute Gasteiger partial charge is 0.132 e. The zero-order valence-corrected chi connectivity index (χ0v) is 15.3. The van der Waals surface area contributed by atoms with E-state index in [1.54, 1.807) is 0 Å². The monoisotopic (exact) mass is 353 g/mol. The van der Waals surface area contributed by atoms with Crippen LogP contribution in [0.2, 0.25) is 0 Å². The van der Waals surface area contributed by atoms with E-state index in [1.807, 2.05) is 32.2 Å². The fraction of sp³-hybridized carbons (Fsp3) is 0.429. The lowest BCUT2D eigenvalue weighted by Crippen LogP contribution is -2.30. The number of benzene rings is 1. The molecule has 1 saturated heterocycles. The van der Waals surface area contributed by atoms with Crippen LogP contribution in [0.3, 0.4) is 0 Å². The standard InChI is InChI=1S/C21H24FN3O/c1-14(2)26-16-11-17-18(19(22)12-16)13-24-21(17)15-6-7-23-20(10-15)25-8-4-3-5-9-25/h6-7,10-12,14H,3-5,8-9,13H2,1-2H3. The summed E-state index contributed by atoms with van der Waals surface area (Å²) in [6.07, 6.45) is 5.52. The molecule has 0 saturated carbocycles. The van der Waals surface area contributed by atoms with E-state index >= 15 is 0 Å². The summed E-state index contributed by atoms with van der Waals surface area (Å²) < 4.78 is 20.2. The van der Waals surface area contributed by atoms with Crippen LogP contribution in [0.15, 0.2) is 35.5 Å². The second kappa shape index (κ2) is 7.06. The molecule has 2 aromatic rings. The van der Waals surface area contributed by atoms with Crippen molar-refractivity contribution in [1.29, 1.82) is 0 Å². The largest absolute Gasteiger partial charge is 0.491 e. The zero-order chi connectivity index (χ0) is 18.1. The third kappa shape index (κ3) is 3.30. The number of fused-ring (bicyclic) bond motifs is 1. The van der Waals surface area contributed by atoms with Gasteiger partial charge < -0.3 is 9.64 Å². The molecular formula is C21H24FN3O. The molecule has 2 aliphatic rings. The highest BCUT2D eigenvalue weighted by molar-refractivity contribution is 6.15. The first-order valence-corrected chi connectivity index (χ1v) is 9.37. The van der Waals surface area contributed by atoms with E-state index in [0.29, 0.717) is 17.9 Å². The predicted octanol–water partition coefficient (Wildman–Crippen LogP) is 4.35. The molecule has 26 heavy (non-hydrogen) atoms. The summed E-state index contributed by atoms with van der Waals surface area (Å²) in [7, 11) is 0. The van der Waals surface area contributed by atoms with Gasteiger partial charge in [0.2, 0.25) is 0 Å². The number of aliphatic imine (C=N–C) groups is 1. The summed E-state index contributed by atoms with van der Waals surface area (Å²) in [5.41, 5.74) is 3.29. The van der Waals surface area contributed by atoms with Gasteiger partial charge in [0.05, 0.1) is 18.4 Å². The van der Waals surface area contributed by atoms with Gasteiger partial charge in [0.15, 0.2) is 0 Å². The molecule has 4 nitrogen and oxygen atoms in total. The van der Waals surface area contributed by atoms with Gasteiger partial charge in [-0.25, -0.2) is 9.37 Å². The van der Waals surface area contributed by atoms with Crippen LogP contribution in [0.4, 0.5) is 10.2 Å². The summed E-state index contributed by atoms with van der Waals surface area (Å²) >= 11 is 0. The highest BCUT2D eigenvalue weighted by Gasteiger charge is 2.23. The molecule has 0 amide bonds. The van der Waals surface area contributed by atoms with E-state index in [1.165, 1.54) is 25.3 Å². The number of pyridine rings is 1. The maximum Gasteiger partial charge on any atom is 0.132 e. The number of aromatic nitrogens is 1. The van der Waals surface area contributed by atoms with Crippen molar-refractivity contribution < 1.29 is 9.13 Å². The minimum absolute atomic E-state index is 0.000807. The number of hydrogen-bond donors (Lipinski definition) is 0. The van der Waals surface area contributed by atoms with Crippen molar-refractivity contribution >= 4 is 11.5 Å². The zero-order valence-electron chi connectivity index (χ0n) is 15.3. The van der Waals surface area contributed by atoms with E-state index in [9.17, 15) is 4.39 Å². The molecule has 0 N–H and O–H groups in total. The Labute approximate surface area is 153 Å². The Morgan fingerprint density at radius 2 is 1.92 bits per heavy atom. The Kier molecular flexibility index (Phi) is 4.62. The van der Waals surface area contributed by atoms with Crippen LogP contribution in [-0.4, -0.2) is 29.9 Å². The van der Waals surface area contributed by atoms with Crippen molar-refractivity contribution in [2.75, 3.05) is 18.0 Å². The van der Waals surface area contributed by atoms with E-state index in [2.05, 4.69) is 20.9 Å². The van der Waals surface area contributed by atoms with Gasteiger partial charge in [0, 0.05) is 42.0 Å². The van der Waals surface area contributed by atoms with Crippen molar-refractivity contribution in [2.24, 2.45) is 4.99 Å². The fourth-order valence-corrected chi connectivity index (χ4v) is 3.68. The molecule has 2 aliphatic heterocycles. The molecule has 0 radical (unpaired) electrons. The van der Waals surface area contributed by atoms with Crippen LogP contribution in [-0.2, 0) is 6.54 Å². The molecule has 0 aliphatic carbocycles. The minimum atomic E-state index is -0.248. The minimum Gasteiger partial charge on any atom is -0.491 e. The number of hydrogen-bond acceptors (Lipinski definition) is 4. The van der Waals surface area contributed by atoms with Gasteiger partial charge in [0.1, 0.15) is 17.4 Å². The Bertz CT molecular complexity index is 841. The van der Waals surface area contributed by atoms with Crippen molar-refractivity contribution in [3.8, 4) is 5.75 Å². The lowest BCUT2D eigenvalue weighted by atomic mass is 9.99. The SMILES string of the molecule is CC(C)Oc1cc(F)c2c(c1)C(c1ccnc(N3CCCCC3)c1)=NC2. The lowest BCUT2D eigenvalue weighted by molar-refractivity contribution is 0.241.